The van der Waals surface area contributed by atoms with E-state index >= 15 is 0 Å². The molecule has 0 atom stereocenters. The maximum absolute atomic E-state index is 13.4. The van der Waals surface area contributed by atoms with E-state index in [4.69, 9.17) is 4.74 Å². The third kappa shape index (κ3) is 3.81. The Morgan fingerprint density at radius 2 is 2.06 bits per heavy atom. The molecule has 10 heteroatoms. The van der Waals surface area contributed by atoms with Gasteiger partial charge in [0.05, 0.1) is 10.9 Å². The number of ether oxygens (including phenoxy) is 1. The molecule has 3 N–H and O–H groups in total. The number of rotatable bonds is 5. The van der Waals surface area contributed by atoms with Crippen LogP contribution in [0.3, 0.4) is 0 Å². The molecule has 0 spiro atoms. The van der Waals surface area contributed by atoms with Crippen molar-refractivity contribution in [2.75, 3.05) is 6.54 Å². The fraction of sp³-hybridized carbons (Fsp3) is 0.333. The third-order valence-electron chi connectivity index (χ3n) is 5.62. The number of hydrogen-bond acceptors (Lipinski definition) is 5. The van der Waals surface area contributed by atoms with Gasteiger partial charge in [0.1, 0.15) is 5.56 Å². The van der Waals surface area contributed by atoms with Crippen LogP contribution in [-0.4, -0.2) is 29.2 Å². The van der Waals surface area contributed by atoms with Crippen molar-refractivity contribution in [2.24, 2.45) is 0 Å². The summed E-state index contributed by atoms with van der Waals surface area (Å²) < 4.78 is 31.8. The van der Waals surface area contributed by atoms with Crippen LogP contribution < -0.4 is 15.5 Å². The van der Waals surface area contributed by atoms with E-state index in [2.05, 4.69) is 10.3 Å². The van der Waals surface area contributed by atoms with Gasteiger partial charge in [-0.25, -0.2) is 4.79 Å². The van der Waals surface area contributed by atoms with Crippen molar-refractivity contribution in [3.8, 4) is 16.2 Å². The highest BCUT2D eigenvalue weighted by Crippen LogP contribution is 2.51. The van der Waals surface area contributed by atoms with Gasteiger partial charge in [-0.3, -0.25) is 4.79 Å². The standard InChI is InChI=1S/C21H18F2N2O4S.ClH/c22-21(23)29-19-16(14-5-10-3-4-24-8-15(10)30-14)11(9-1-2-9)6-12-17(19)25-7-13(18(12)26)20(27)28;/h5-7,9,21,24H,1-4,8H2,(H,25,26)(H,27,28);1H. The normalized spacial score (nSPS) is 15.6. The summed E-state index contributed by atoms with van der Waals surface area (Å²) in [5.74, 6) is -1.33. The Balaban J connectivity index is 0.00000231. The van der Waals surface area contributed by atoms with Gasteiger partial charge >= 0.3 is 12.6 Å². The molecule has 2 aliphatic rings. The average molecular weight is 469 g/mol. The second kappa shape index (κ2) is 8.22. The third-order valence-corrected chi connectivity index (χ3v) is 6.81. The maximum Gasteiger partial charge on any atom is 0.387 e. The van der Waals surface area contributed by atoms with Crippen molar-refractivity contribution in [1.82, 2.24) is 10.3 Å². The molecular formula is C21H19ClF2N2O4S. The van der Waals surface area contributed by atoms with Gasteiger partial charge in [-0.05, 0) is 55.0 Å². The van der Waals surface area contributed by atoms with Crippen LogP contribution in [0.25, 0.3) is 21.3 Å². The van der Waals surface area contributed by atoms with Gasteiger partial charge in [0, 0.05) is 28.1 Å². The molecule has 2 aromatic heterocycles. The minimum atomic E-state index is -3.08. The van der Waals surface area contributed by atoms with Crippen LogP contribution in [0.5, 0.6) is 5.75 Å². The van der Waals surface area contributed by atoms with Crippen molar-refractivity contribution in [3.05, 3.63) is 50.1 Å². The highest BCUT2D eigenvalue weighted by Gasteiger charge is 2.32. The first-order valence-electron chi connectivity index (χ1n) is 9.67. The summed E-state index contributed by atoms with van der Waals surface area (Å²) in [4.78, 5) is 28.9. The first kappa shape index (κ1) is 21.7. The molecular weight excluding hydrogens is 450 g/mol. The molecule has 0 unspecified atom stereocenters. The topological polar surface area (TPSA) is 91.4 Å². The van der Waals surface area contributed by atoms with Crippen molar-refractivity contribution >= 4 is 40.6 Å². The Morgan fingerprint density at radius 3 is 2.71 bits per heavy atom. The number of fused-ring (bicyclic) bond motifs is 2. The Kier molecular flexibility index (Phi) is 5.76. The molecule has 164 valence electrons. The van der Waals surface area contributed by atoms with Gasteiger partial charge < -0.3 is 20.1 Å². The number of H-pyrrole nitrogens is 1. The zero-order valence-electron chi connectivity index (χ0n) is 16.2. The highest BCUT2D eigenvalue weighted by molar-refractivity contribution is 7.15. The van der Waals surface area contributed by atoms with Crippen molar-refractivity contribution in [2.45, 2.75) is 38.3 Å². The molecule has 3 heterocycles. The minimum absolute atomic E-state index is 0. The second-order valence-electron chi connectivity index (χ2n) is 7.57. The quantitative estimate of drug-likeness (QED) is 0.513. The van der Waals surface area contributed by atoms with Crippen LogP contribution in [0.4, 0.5) is 8.78 Å². The average Bonchev–Trinajstić information content (AvgIpc) is 3.46. The van der Waals surface area contributed by atoms with Crippen LogP contribution in [0, 0.1) is 0 Å². The van der Waals surface area contributed by atoms with Crippen LogP contribution in [0.2, 0.25) is 0 Å². The molecule has 0 amide bonds. The van der Waals surface area contributed by atoms with Gasteiger partial charge in [0.15, 0.2) is 5.75 Å². The lowest BCUT2D eigenvalue weighted by molar-refractivity contribution is -0.0485. The summed E-state index contributed by atoms with van der Waals surface area (Å²) >= 11 is 1.54. The molecule has 3 aromatic rings. The number of aromatic carboxylic acids is 1. The molecule has 1 saturated carbocycles. The monoisotopic (exact) mass is 468 g/mol. The first-order chi connectivity index (χ1) is 14.4. The van der Waals surface area contributed by atoms with Crippen molar-refractivity contribution in [3.63, 3.8) is 0 Å². The summed E-state index contributed by atoms with van der Waals surface area (Å²) in [5, 5.41) is 12.6. The number of carboxylic acid groups (broad SMARTS) is 1. The fourth-order valence-corrected chi connectivity index (χ4v) is 5.31. The number of hydrogen-bond donors (Lipinski definition) is 3. The number of carboxylic acids is 1. The summed E-state index contributed by atoms with van der Waals surface area (Å²) in [6.07, 6.45) is 3.67. The number of alkyl halides is 2. The smallest absolute Gasteiger partial charge is 0.387 e. The summed E-state index contributed by atoms with van der Waals surface area (Å²) in [6, 6.07) is 3.68. The van der Waals surface area contributed by atoms with Crippen LogP contribution in [-0.2, 0) is 13.0 Å². The Morgan fingerprint density at radius 1 is 1.29 bits per heavy atom. The molecule has 1 aromatic carbocycles. The van der Waals surface area contributed by atoms with E-state index < -0.39 is 23.6 Å². The molecule has 31 heavy (non-hydrogen) atoms. The minimum Gasteiger partial charge on any atom is -0.477 e. The molecule has 1 fully saturated rings. The number of halogens is 3. The van der Waals surface area contributed by atoms with Gasteiger partial charge in [0.2, 0.25) is 5.43 Å². The lowest BCUT2D eigenvalue weighted by atomic mass is 9.96. The van der Waals surface area contributed by atoms with E-state index in [9.17, 15) is 23.5 Å². The predicted octanol–water partition coefficient (Wildman–Crippen LogP) is 4.50. The molecule has 6 nitrogen and oxygen atoms in total. The van der Waals surface area contributed by atoms with E-state index in [-0.39, 0.29) is 35.0 Å². The lowest BCUT2D eigenvalue weighted by Crippen LogP contribution is -2.21. The number of benzene rings is 1. The molecule has 1 aliphatic heterocycles. The second-order valence-corrected chi connectivity index (χ2v) is 8.70. The lowest BCUT2D eigenvalue weighted by Gasteiger charge is -2.17. The van der Waals surface area contributed by atoms with Crippen LogP contribution in [0.1, 0.15) is 45.1 Å². The summed E-state index contributed by atoms with van der Waals surface area (Å²) in [5.41, 5.74) is 1.47. The highest BCUT2D eigenvalue weighted by atomic mass is 35.5. The number of pyridine rings is 1. The zero-order chi connectivity index (χ0) is 21.0. The van der Waals surface area contributed by atoms with Crippen molar-refractivity contribution < 1.29 is 23.4 Å². The van der Waals surface area contributed by atoms with Crippen LogP contribution in [0.15, 0.2) is 23.1 Å². The number of carbonyl (C=O) groups is 1. The van der Waals surface area contributed by atoms with Gasteiger partial charge in [-0.2, -0.15) is 8.78 Å². The number of thiophene rings is 1. The molecule has 0 bridgehead atoms. The summed E-state index contributed by atoms with van der Waals surface area (Å²) in [7, 11) is 0. The van der Waals surface area contributed by atoms with E-state index in [0.717, 1.165) is 53.9 Å². The molecule has 1 aliphatic carbocycles. The van der Waals surface area contributed by atoms with Crippen LogP contribution >= 0.6 is 23.7 Å². The molecule has 5 rings (SSSR count). The van der Waals surface area contributed by atoms with Gasteiger partial charge in [-0.15, -0.1) is 23.7 Å². The van der Waals surface area contributed by atoms with E-state index in [1.807, 2.05) is 6.07 Å². The fourth-order valence-electron chi connectivity index (χ4n) is 4.07. The number of aromatic nitrogens is 1. The number of aromatic amines is 1. The summed E-state index contributed by atoms with van der Waals surface area (Å²) in [6.45, 7) is -1.49. The zero-order valence-corrected chi connectivity index (χ0v) is 17.8. The molecule has 0 saturated heterocycles. The molecule has 0 radical (unpaired) electrons. The first-order valence-corrected chi connectivity index (χ1v) is 10.5. The predicted molar refractivity (Wildman–Crippen MR) is 116 cm³/mol. The van der Waals surface area contributed by atoms with E-state index in [0.29, 0.717) is 5.56 Å². The maximum atomic E-state index is 13.4. The van der Waals surface area contributed by atoms with E-state index in [1.165, 1.54) is 16.9 Å². The van der Waals surface area contributed by atoms with E-state index in [1.54, 1.807) is 6.07 Å². The SMILES string of the molecule is Cl.O=C(O)c1c[nH]c2c(OC(F)F)c(-c3cc4c(s3)CNCC4)c(C3CC3)cc2c1=O. The van der Waals surface area contributed by atoms with Crippen molar-refractivity contribution in [1.29, 1.82) is 0 Å². The van der Waals surface area contributed by atoms with Gasteiger partial charge in [-0.1, -0.05) is 0 Å². The Bertz CT molecular complexity index is 1210. The van der Waals surface area contributed by atoms with Gasteiger partial charge in [0.25, 0.3) is 0 Å². The number of nitrogens with one attached hydrogen (secondary N) is 2. The largest absolute Gasteiger partial charge is 0.477 e. The Labute approximate surface area is 185 Å². The Hall–Kier alpha value is -2.49.